The van der Waals surface area contributed by atoms with Crippen molar-refractivity contribution in [3.05, 3.63) is 0 Å². The van der Waals surface area contributed by atoms with Crippen LogP contribution in [0.3, 0.4) is 0 Å². The van der Waals surface area contributed by atoms with Crippen LogP contribution in [0.5, 0.6) is 0 Å². The van der Waals surface area contributed by atoms with Crippen molar-refractivity contribution in [3.63, 3.8) is 0 Å². The van der Waals surface area contributed by atoms with E-state index in [1.165, 1.54) is 28.6 Å². The number of carbonyl (C=O) groups is 1. The lowest BCUT2D eigenvalue weighted by molar-refractivity contribution is -0.0291. The van der Waals surface area contributed by atoms with Gasteiger partial charge in [-0.25, -0.2) is 4.79 Å². The second-order valence-corrected chi connectivity index (χ2v) is 14.0. The highest BCUT2D eigenvalue weighted by molar-refractivity contribution is 14.1. The predicted molar refractivity (Wildman–Crippen MR) is 217 cm³/mol. The van der Waals surface area contributed by atoms with Gasteiger partial charge in [0, 0.05) is 20.2 Å². The van der Waals surface area contributed by atoms with Crippen LogP contribution in [0.4, 0.5) is 4.79 Å². The molecule has 0 rings (SSSR count). The number of alkyl halides is 1. The molecule has 0 aliphatic carbocycles. The number of ether oxygens (including phenoxy) is 14. The summed E-state index contributed by atoms with van der Waals surface area (Å²) < 4.78 is 78.0. The summed E-state index contributed by atoms with van der Waals surface area (Å²) in [6, 6.07) is 0. The summed E-state index contributed by atoms with van der Waals surface area (Å²) in [5.74, 6) is 0. The quantitative estimate of drug-likeness (QED) is 0.0491. The van der Waals surface area contributed by atoms with Gasteiger partial charge < -0.3 is 71.2 Å². The number of unbranched alkanes of at least 4 members (excludes halogenated alkanes) is 3. The Kier molecular flexibility index (Phi) is 44.2. The molecule has 16 nitrogen and oxygen atoms in total. The Morgan fingerprint density at radius 2 is 0.618 bits per heavy atom. The standard InChI is InChI=1S/C38H76INO15/c1-38(2,3)55-37(41)40(4)10-12-43-14-16-45-18-20-47-22-24-49-26-28-51-30-32-53-34-36-54-35-33-52-31-29-50-27-25-48-23-21-46-19-17-44-15-13-42-11-8-6-5-7-9-39/h5-36H2,1-4H3. The van der Waals surface area contributed by atoms with Crippen LogP contribution in [0.2, 0.25) is 0 Å². The van der Waals surface area contributed by atoms with Crippen molar-refractivity contribution in [3.8, 4) is 0 Å². The first-order chi connectivity index (χ1) is 26.9. The number of likely N-dealkylation sites (N-methyl/N-ethyl adjacent to an activating group) is 1. The largest absolute Gasteiger partial charge is 0.444 e. The first-order valence-electron chi connectivity index (χ1n) is 19.9. The maximum Gasteiger partial charge on any atom is 0.410 e. The number of carbonyl (C=O) groups excluding carboxylic acids is 1. The van der Waals surface area contributed by atoms with E-state index in [0.29, 0.717) is 172 Å². The summed E-state index contributed by atoms with van der Waals surface area (Å²) in [5, 5.41) is 0. The molecule has 0 saturated carbocycles. The fourth-order valence-electron chi connectivity index (χ4n) is 4.03. The zero-order valence-electron chi connectivity index (χ0n) is 34.6. The van der Waals surface area contributed by atoms with Crippen LogP contribution in [0.25, 0.3) is 0 Å². The predicted octanol–water partition coefficient (Wildman–Crippen LogP) is 4.06. The lowest BCUT2D eigenvalue weighted by Crippen LogP contribution is -2.36. The number of amides is 1. The summed E-state index contributed by atoms with van der Waals surface area (Å²) in [6.07, 6.45) is 4.60. The van der Waals surface area contributed by atoms with E-state index in [0.717, 1.165) is 13.0 Å². The van der Waals surface area contributed by atoms with Gasteiger partial charge in [-0.3, -0.25) is 0 Å². The molecule has 0 radical (unpaired) electrons. The van der Waals surface area contributed by atoms with Gasteiger partial charge in [0.15, 0.2) is 0 Å². The van der Waals surface area contributed by atoms with E-state index in [9.17, 15) is 4.79 Å². The molecule has 0 aromatic heterocycles. The molecule has 0 heterocycles. The first kappa shape index (κ1) is 54.5. The molecule has 1 amide bonds. The third kappa shape index (κ3) is 47.8. The molecule has 0 aromatic carbocycles. The van der Waals surface area contributed by atoms with Crippen LogP contribution in [-0.2, 0) is 66.3 Å². The number of halogens is 1. The van der Waals surface area contributed by atoms with E-state index in [1.807, 2.05) is 20.8 Å². The van der Waals surface area contributed by atoms with Crippen LogP contribution >= 0.6 is 22.6 Å². The normalized spacial score (nSPS) is 11.8. The van der Waals surface area contributed by atoms with Gasteiger partial charge in [0.2, 0.25) is 0 Å². The average molecular weight is 914 g/mol. The fourth-order valence-corrected chi connectivity index (χ4v) is 4.57. The Balaban J connectivity index is 3.12. The smallest absolute Gasteiger partial charge is 0.410 e. The number of hydrogen-bond acceptors (Lipinski definition) is 15. The Morgan fingerprint density at radius 1 is 0.382 bits per heavy atom. The van der Waals surface area contributed by atoms with Crippen molar-refractivity contribution in [1.29, 1.82) is 0 Å². The van der Waals surface area contributed by atoms with E-state index in [1.54, 1.807) is 7.05 Å². The molecule has 0 N–H and O–H groups in total. The minimum absolute atomic E-state index is 0.365. The van der Waals surface area contributed by atoms with Gasteiger partial charge in [-0.05, 0) is 38.0 Å². The van der Waals surface area contributed by atoms with Gasteiger partial charge in [-0.1, -0.05) is 35.4 Å². The van der Waals surface area contributed by atoms with Crippen LogP contribution in [0.15, 0.2) is 0 Å². The first-order valence-corrected chi connectivity index (χ1v) is 21.4. The second kappa shape index (κ2) is 44.6. The Bertz CT molecular complexity index is 770. The molecule has 0 aromatic rings. The van der Waals surface area contributed by atoms with Crippen molar-refractivity contribution in [2.45, 2.75) is 52.1 Å². The highest BCUT2D eigenvalue weighted by atomic mass is 127. The molecule has 0 atom stereocenters. The van der Waals surface area contributed by atoms with E-state index < -0.39 is 5.60 Å². The van der Waals surface area contributed by atoms with Gasteiger partial charge in [0.05, 0.1) is 165 Å². The van der Waals surface area contributed by atoms with Crippen molar-refractivity contribution in [1.82, 2.24) is 4.90 Å². The summed E-state index contributed by atoms with van der Waals surface area (Å²) >= 11 is 2.42. The third-order valence-corrected chi connectivity index (χ3v) is 7.68. The fraction of sp³-hybridized carbons (Fsp3) is 0.974. The van der Waals surface area contributed by atoms with Crippen LogP contribution in [-0.4, -0.2) is 206 Å². The summed E-state index contributed by atoms with van der Waals surface area (Å²) in [5.41, 5.74) is -0.512. The molecular weight excluding hydrogens is 837 g/mol. The van der Waals surface area contributed by atoms with Gasteiger partial charge in [-0.2, -0.15) is 0 Å². The minimum atomic E-state index is -0.512. The average Bonchev–Trinajstić information content (AvgIpc) is 3.15. The number of nitrogens with zero attached hydrogens (tertiary/aromatic N) is 1. The lowest BCUT2D eigenvalue weighted by atomic mass is 10.2. The lowest BCUT2D eigenvalue weighted by Gasteiger charge is -2.24. The number of rotatable bonds is 45. The second-order valence-electron chi connectivity index (χ2n) is 13.0. The van der Waals surface area contributed by atoms with Crippen molar-refractivity contribution in [2.75, 3.05) is 190 Å². The molecule has 0 aliphatic heterocycles. The zero-order valence-corrected chi connectivity index (χ0v) is 36.7. The molecule has 17 heteroatoms. The van der Waals surface area contributed by atoms with E-state index in [2.05, 4.69) is 22.6 Å². The van der Waals surface area contributed by atoms with Gasteiger partial charge in [0.1, 0.15) is 5.60 Å². The molecule has 0 saturated heterocycles. The summed E-state index contributed by atoms with van der Waals surface area (Å²) in [4.78, 5) is 13.4. The highest BCUT2D eigenvalue weighted by Gasteiger charge is 2.19. The maximum absolute atomic E-state index is 11.9. The monoisotopic (exact) mass is 913 g/mol. The van der Waals surface area contributed by atoms with Gasteiger partial charge >= 0.3 is 6.09 Å². The van der Waals surface area contributed by atoms with Crippen molar-refractivity contribution < 1.29 is 71.1 Å². The Hall–Kier alpha value is -0.520. The molecule has 0 aliphatic rings. The molecular formula is C38H76INO15. The molecule has 0 fully saturated rings. The van der Waals surface area contributed by atoms with Crippen molar-refractivity contribution in [2.24, 2.45) is 0 Å². The number of hydrogen-bond donors (Lipinski definition) is 0. The van der Waals surface area contributed by atoms with E-state index in [4.69, 9.17) is 66.3 Å². The van der Waals surface area contributed by atoms with Gasteiger partial charge in [-0.15, -0.1) is 0 Å². The molecule has 0 bridgehead atoms. The third-order valence-electron chi connectivity index (χ3n) is 6.91. The van der Waals surface area contributed by atoms with Crippen molar-refractivity contribution >= 4 is 28.7 Å². The van der Waals surface area contributed by atoms with E-state index in [-0.39, 0.29) is 6.09 Å². The minimum Gasteiger partial charge on any atom is -0.444 e. The molecule has 55 heavy (non-hydrogen) atoms. The molecule has 0 unspecified atom stereocenters. The summed E-state index contributed by atoms with van der Waals surface area (Å²) in [7, 11) is 1.68. The summed E-state index contributed by atoms with van der Waals surface area (Å²) in [6.45, 7) is 19.5. The maximum atomic E-state index is 11.9. The molecule has 0 spiro atoms. The van der Waals surface area contributed by atoms with E-state index >= 15 is 0 Å². The Morgan fingerprint density at radius 3 is 0.873 bits per heavy atom. The zero-order chi connectivity index (χ0) is 40.2. The SMILES string of the molecule is CN(CCOCCOCCOCCOCCOCCOCCOCCOCCOCCOCCOCCOCCOCCCCCCI)C(=O)OC(C)(C)C. The van der Waals surface area contributed by atoms with Gasteiger partial charge in [0.25, 0.3) is 0 Å². The Labute approximate surface area is 345 Å². The van der Waals surface area contributed by atoms with Crippen LogP contribution in [0, 0.1) is 0 Å². The molecule has 330 valence electrons. The topological polar surface area (TPSA) is 150 Å². The highest BCUT2D eigenvalue weighted by Crippen LogP contribution is 2.08. The van der Waals surface area contributed by atoms with Crippen LogP contribution in [0.1, 0.15) is 46.5 Å². The van der Waals surface area contributed by atoms with Crippen LogP contribution < -0.4 is 0 Å².